The van der Waals surface area contributed by atoms with Crippen molar-refractivity contribution in [3.05, 3.63) is 42.5 Å². The van der Waals surface area contributed by atoms with Crippen LogP contribution in [0.2, 0.25) is 0 Å². The van der Waals surface area contributed by atoms with Gasteiger partial charge >= 0.3 is 0 Å². The zero-order valence-electron chi connectivity index (χ0n) is 19.8. The van der Waals surface area contributed by atoms with Gasteiger partial charge in [0.2, 0.25) is 5.91 Å². The number of ether oxygens (including phenoxy) is 1. The zero-order chi connectivity index (χ0) is 25.0. The summed E-state index contributed by atoms with van der Waals surface area (Å²) < 4.78 is 35.1. The van der Waals surface area contributed by atoms with Crippen LogP contribution >= 0.6 is 0 Å². The predicted octanol–water partition coefficient (Wildman–Crippen LogP) is 3.03. The van der Waals surface area contributed by atoms with Crippen LogP contribution in [0.4, 0.5) is 17.1 Å². The minimum atomic E-state index is -4.03. The van der Waals surface area contributed by atoms with Crippen LogP contribution in [0.25, 0.3) is 0 Å². The molecule has 0 unspecified atom stereocenters. The first-order valence-corrected chi connectivity index (χ1v) is 13.0. The van der Waals surface area contributed by atoms with Gasteiger partial charge < -0.3 is 15.0 Å². The molecule has 0 radical (unpaired) electrons. The smallest absolute Gasteiger partial charge is 0.271 e. The summed E-state index contributed by atoms with van der Waals surface area (Å²) in [6.45, 7) is 1.50. The highest BCUT2D eigenvalue weighted by atomic mass is 32.2. The van der Waals surface area contributed by atoms with Crippen LogP contribution in [0.5, 0.6) is 5.75 Å². The fourth-order valence-corrected chi connectivity index (χ4v) is 5.49. The van der Waals surface area contributed by atoms with E-state index in [-0.39, 0.29) is 29.4 Å². The average molecular weight is 500 g/mol. The van der Waals surface area contributed by atoms with Gasteiger partial charge in [-0.15, -0.1) is 0 Å². The molecule has 0 saturated carbocycles. The van der Waals surface area contributed by atoms with Crippen molar-refractivity contribution in [2.24, 2.45) is 5.10 Å². The highest BCUT2D eigenvalue weighted by Gasteiger charge is 2.26. The number of hydrazone groups is 1. The summed E-state index contributed by atoms with van der Waals surface area (Å²) in [5.41, 5.74) is 1.42. The number of anilines is 3. The molecule has 2 heterocycles. The fraction of sp³-hybridized carbons (Fsp3) is 0.375. The van der Waals surface area contributed by atoms with Crippen LogP contribution in [0.1, 0.15) is 32.1 Å². The molecule has 186 valence electrons. The quantitative estimate of drug-likeness (QED) is 0.604. The molecule has 35 heavy (non-hydrogen) atoms. The number of carbonyl (C=O) groups is 2. The maximum atomic E-state index is 13.6. The summed E-state index contributed by atoms with van der Waals surface area (Å²) in [5.74, 6) is -0.242. The van der Waals surface area contributed by atoms with Crippen molar-refractivity contribution in [2.45, 2.75) is 37.0 Å². The Hall–Kier alpha value is -3.60. The van der Waals surface area contributed by atoms with Crippen LogP contribution < -0.4 is 19.7 Å². The van der Waals surface area contributed by atoms with Crippen molar-refractivity contribution in [1.82, 2.24) is 5.01 Å². The van der Waals surface area contributed by atoms with E-state index < -0.39 is 15.9 Å². The highest BCUT2D eigenvalue weighted by Crippen LogP contribution is 2.33. The van der Waals surface area contributed by atoms with E-state index in [9.17, 15) is 18.0 Å². The Balaban J connectivity index is 1.67. The third-order valence-electron chi connectivity index (χ3n) is 6.02. The lowest BCUT2D eigenvalue weighted by atomic mass is 10.1. The first-order chi connectivity index (χ1) is 16.8. The molecular weight excluding hydrogens is 470 g/mol. The molecule has 2 N–H and O–H groups in total. The third-order valence-corrected chi connectivity index (χ3v) is 7.42. The molecule has 2 aromatic carbocycles. The van der Waals surface area contributed by atoms with Gasteiger partial charge in [0.25, 0.3) is 15.9 Å². The lowest BCUT2D eigenvalue weighted by molar-refractivity contribution is -0.130. The predicted molar refractivity (Wildman–Crippen MR) is 134 cm³/mol. The number of benzene rings is 2. The molecule has 2 aliphatic rings. The van der Waals surface area contributed by atoms with Crippen molar-refractivity contribution in [3.8, 4) is 5.75 Å². The third kappa shape index (κ3) is 5.56. The Morgan fingerprint density at radius 2 is 1.80 bits per heavy atom. The molecule has 10 nitrogen and oxygen atoms in total. The number of nitrogens with zero attached hydrogens (tertiary/aromatic N) is 3. The Bertz CT molecular complexity index is 1250. The largest absolute Gasteiger partial charge is 0.495 e. The van der Waals surface area contributed by atoms with E-state index in [1.165, 1.54) is 20.2 Å². The van der Waals surface area contributed by atoms with Gasteiger partial charge in [0.05, 0.1) is 18.5 Å². The van der Waals surface area contributed by atoms with Gasteiger partial charge in [-0.3, -0.25) is 14.3 Å². The van der Waals surface area contributed by atoms with Crippen LogP contribution in [-0.2, 0) is 19.6 Å². The Labute approximate surface area is 205 Å². The van der Waals surface area contributed by atoms with E-state index in [2.05, 4.69) is 20.0 Å². The van der Waals surface area contributed by atoms with Gasteiger partial charge in [-0.05, 0) is 49.6 Å². The number of piperidine rings is 1. The maximum Gasteiger partial charge on any atom is 0.271 e. The van der Waals surface area contributed by atoms with Gasteiger partial charge in [0.1, 0.15) is 16.4 Å². The topological polar surface area (TPSA) is 120 Å². The number of nitrogens with one attached hydrogen (secondary N) is 2. The van der Waals surface area contributed by atoms with Crippen molar-refractivity contribution in [1.29, 1.82) is 0 Å². The van der Waals surface area contributed by atoms with E-state index in [1.807, 2.05) is 0 Å². The summed E-state index contributed by atoms with van der Waals surface area (Å²) in [6.07, 6.45) is 3.47. The second-order valence-corrected chi connectivity index (χ2v) is 10.1. The van der Waals surface area contributed by atoms with Crippen molar-refractivity contribution in [3.63, 3.8) is 0 Å². The van der Waals surface area contributed by atoms with Gasteiger partial charge in [-0.1, -0.05) is 12.1 Å². The molecule has 1 fully saturated rings. The number of carbonyl (C=O) groups excluding carboxylic acids is 2. The standard InChI is InChI=1S/C24H29N5O5S/c1-28-23(30)13-11-19(26-28)24(31)25-17-10-12-20(29-14-6-3-7-15-29)22(16-17)35(32,33)27-18-8-4-5-9-21(18)34-2/h4-5,8-10,12,16,27H,3,6-7,11,13-15H2,1-2H3,(H,25,31). The molecule has 2 aromatic rings. The van der Waals surface area contributed by atoms with Crippen molar-refractivity contribution >= 4 is 44.6 Å². The average Bonchev–Trinajstić information content (AvgIpc) is 2.86. The van der Waals surface area contributed by atoms with E-state index in [0.717, 1.165) is 37.4 Å². The van der Waals surface area contributed by atoms with Crippen molar-refractivity contribution < 1.29 is 22.7 Å². The normalized spacial score (nSPS) is 16.5. The maximum absolute atomic E-state index is 13.6. The van der Waals surface area contributed by atoms with Gasteiger partial charge in [0, 0.05) is 38.7 Å². The molecular formula is C24H29N5O5S. The number of hydrogen-bond donors (Lipinski definition) is 2. The lowest BCUT2D eigenvalue weighted by Gasteiger charge is -2.30. The fourth-order valence-electron chi connectivity index (χ4n) is 4.17. The second kappa shape index (κ2) is 10.3. The Kier molecular flexibility index (Phi) is 7.25. The first kappa shape index (κ1) is 24.5. The molecule has 0 atom stereocenters. The lowest BCUT2D eigenvalue weighted by Crippen LogP contribution is -2.34. The van der Waals surface area contributed by atoms with Crippen LogP contribution in [0, 0.1) is 0 Å². The molecule has 0 bridgehead atoms. The zero-order valence-corrected chi connectivity index (χ0v) is 20.6. The SMILES string of the molecule is COc1ccccc1NS(=O)(=O)c1cc(NC(=O)C2=NN(C)C(=O)CC2)ccc1N1CCCCC1. The summed E-state index contributed by atoms with van der Waals surface area (Å²) in [6, 6.07) is 11.6. The highest BCUT2D eigenvalue weighted by molar-refractivity contribution is 7.93. The number of hydrogen-bond acceptors (Lipinski definition) is 7. The molecule has 0 spiro atoms. The molecule has 0 aromatic heterocycles. The van der Waals surface area contributed by atoms with E-state index in [0.29, 0.717) is 22.8 Å². The summed E-state index contributed by atoms with van der Waals surface area (Å²) >= 11 is 0. The van der Waals surface area contributed by atoms with Crippen molar-refractivity contribution in [2.75, 3.05) is 42.2 Å². The van der Waals surface area contributed by atoms with E-state index in [1.54, 1.807) is 36.4 Å². The minimum Gasteiger partial charge on any atom is -0.495 e. The molecule has 2 aliphatic heterocycles. The Morgan fingerprint density at radius 1 is 1.06 bits per heavy atom. The van der Waals surface area contributed by atoms with Gasteiger partial charge in [-0.25, -0.2) is 13.4 Å². The number of para-hydroxylation sites is 2. The number of methoxy groups -OCH3 is 1. The molecule has 0 aliphatic carbocycles. The summed E-state index contributed by atoms with van der Waals surface area (Å²) in [7, 11) is -1.06. The van der Waals surface area contributed by atoms with Crippen LogP contribution in [0.15, 0.2) is 52.5 Å². The number of sulfonamides is 1. The Morgan fingerprint density at radius 3 is 2.51 bits per heavy atom. The monoisotopic (exact) mass is 499 g/mol. The summed E-state index contributed by atoms with van der Waals surface area (Å²) in [5, 5.41) is 7.91. The van der Waals surface area contributed by atoms with Crippen LogP contribution in [-0.4, -0.2) is 58.2 Å². The van der Waals surface area contributed by atoms with Gasteiger partial charge in [-0.2, -0.15) is 5.10 Å². The second-order valence-electron chi connectivity index (χ2n) is 8.45. The molecule has 1 saturated heterocycles. The first-order valence-electron chi connectivity index (χ1n) is 11.5. The minimum absolute atomic E-state index is 0.0565. The van der Waals surface area contributed by atoms with Crippen LogP contribution in [0.3, 0.4) is 0 Å². The molecule has 4 rings (SSSR count). The van der Waals surface area contributed by atoms with E-state index >= 15 is 0 Å². The van der Waals surface area contributed by atoms with E-state index in [4.69, 9.17) is 4.74 Å². The number of amides is 2. The summed E-state index contributed by atoms with van der Waals surface area (Å²) in [4.78, 5) is 26.5. The molecule has 11 heteroatoms. The number of rotatable bonds is 7. The van der Waals surface area contributed by atoms with Gasteiger partial charge in [0.15, 0.2) is 0 Å². The molecule has 2 amide bonds.